The predicted molar refractivity (Wildman–Crippen MR) is 178 cm³/mol. The number of carboxylic acid groups (broad SMARTS) is 1. The van der Waals surface area contributed by atoms with E-state index < -0.39 is 11.5 Å². The number of anilines is 2. The van der Waals surface area contributed by atoms with Gasteiger partial charge in [0.1, 0.15) is 11.2 Å². The van der Waals surface area contributed by atoms with Crippen molar-refractivity contribution in [3.05, 3.63) is 70.6 Å². The smallest absolute Gasteiger partial charge is 0.328 e. The van der Waals surface area contributed by atoms with E-state index in [9.17, 15) is 14.4 Å². The lowest BCUT2D eigenvalue weighted by Crippen LogP contribution is -2.61. The Morgan fingerprint density at radius 2 is 1.78 bits per heavy atom. The average molecular weight is 627 g/mol. The van der Waals surface area contributed by atoms with Gasteiger partial charge in [0.05, 0.1) is 5.69 Å². The molecule has 3 heterocycles. The Morgan fingerprint density at radius 3 is 2.42 bits per heavy atom. The number of rotatable bonds is 8. The number of nitrogens with zero attached hydrogens (tertiary/aromatic N) is 3. The third kappa shape index (κ3) is 6.23. The van der Waals surface area contributed by atoms with Crippen molar-refractivity contribution in [3.8, 4) is 11.4 Å². The Balaban J connectivity index is 1.29. The second-order valence-electron chi connectivity index (χ2n) is 12.2. The maximum Gasteiger partial charge on any atom is 0.328 e. The molecule has 10 nitrogen and oxygen atoms in total. The van der Waals surface area contributed by atoms with Crippen molar-refractivity contribution in [1.82, 2.24) is 19.8 Å². The first-order valence-corrected chi connectivity index (χ1v) is 16.2. The van der Waals surface area contributed by atoms with Crippen LogP contribution in [0.2, 0.25) is 0 Å². The van der Waals surface area contributed by atoms with Crippen molar-refractivity contribution >= 4 is 56.9 Å². The van der Waals surface area contributed by atoms with Crippen LogP contribution in [0, 0.1) is 0 Å². The molecular formula is C34H38N6O4S. The maximum atomic E-state index is 13.9. The van der Waals surface area contributed by atoms with E-state index in [1.165, 1.54) is 35.8 Å². The number of aliphatic carboxylic acids is 1. The van der Waals surface area contributed by atoms with Gasteiger partial charge in [0.25, 0.3) is 5.91 Å². The minimum atomic E-state index is -1.09. The van der Waals surface area contributed by atoms with Crippen LogP contribution in [-0.2, 0) is 16.6 Å². The lowest BCUT2D eigenvalue weighted by molar-refractivity contribution is -0.131. The number of thiazole rings is 1. The summed E-state index contributed by atoms with van der Waals surface area (Å²) < 4.78 is 2.13. The number of likely N-dealkylation sites (tertiary alicyclic amines) is 1. The van der Waals surface area contributed by atoms with Gasteiger partial charge in [-0.25, -0.2) is 9.78 Å². The number of carbonyl (C=O) groups is 3. The molecule has 2 aliphatic rings. The number of aryl methyl sites for hydroxylation is 1. The van der Waals surface area contributed by atoms with Crippen molar-refractivity contribution in [1.29, 1.82) is 0 Å². The largest absolute Gasteiger partial charge is 0.478 e. The van der Waals surface area contributed by atoms with Crippen molar-refractivity contribution in [2.75, 3.05) is 31.2 Å². The topological polar surface area (TPSA) is 143 Å². The molecular weight excluding hydrogens is 588 g/mol. The fourth-order valence-corrected chi connectivity index (χ4v) is 7.28. The molecule has 1 aliphatic heterocycles. The normalized spacial score (nSPS) is 17.2. The van der Waals surface area contributed by atoms with Crippen LogP contribution in [0.3, 0.4) is 0 Å². The lowest BCUT2D eigenvalue weighted by Gasteiger charge is -2.40. The number of benzene rings is 2. The number of piperidine rings is 1. The summed E-state index contributed by atoms with van der Waals surface area (Å²) in [7, 11) is 4.02. The second kappa shape index (κ2) is 12.5. The van der Waals surface area contributed by atoms with Gasteiger partial charge < -0.3 is 30.9 Å². The van der Waals surface area contributed by atoms with Gasteiger partial charge in [-0.15, -0.1) is 11.3 Å². The molecule has 45 heavy (non-hydrogen) atoms. The molecule has 1 aliphatic carbocycles. The number of hydrogen-bond acceptors (Lipinski definition) is 7. The minimum absolute atomic E-state index is 0.273. The standard InChI is InChI=1S/C34H38N6O4S/c1-39-17-15-34(16-18-39,32(44)36-24-11-7-21(8-12-24)9-14-28(41)42)38-31(43)23-10-13-25-27(19-23)40(2)30(26-20-45-33(35)37-26)29(25)22-5-3-4-6-22/h7-14,19-20,22H,3-6,15-18H2,1-2H3,(H2,35,37)(H,36,44)(H,38,43)(H,41,42)/b14-9+. The highest BCUT2D eigenvalue weighted by atomic mass is 32.1. The zero-order valence-electron chi connectivity index (χ0n) is 25.5. The average Bonchev–Trinajstić information content (AvgIpc) is 3.77. The van der Waals surface area contributed by atoms with Crippen LogP contribution >= 0.6 is 11.3 Å². The molecule has 2 aromatic carbocycles. The highest BCUT2D eigenvalue weighted by Gasteiger charge is 2.42. The van der Waals surface area contributed by atoms with Gasteiger partial charge in [0.15, 0.2) is 5.13 Å². The first kappa shape index (κ1) is 30.5. The van der Waals surface area contributed by atoms with Crippen molar-refractivity contribution < 1.29 is 19.5 Å². The van der Waals surface area contributed by atoms with Crippen LogP contribution in [0.5, 0.6) is 0 Å². The van der Waals surface area contributed by atoms with Crippen molar-refractivity contribution in [2.45, 2.75) is 50.0 Å². The summed E-state index contributed by atoms with van der Waals surface area (Å²) in [6, 6.07) is 12.7. The first-order valence-electron chi connectivity index (χ1n) is 15.3. The van der Waals surface area contributed by atoms with Gasteiger partial charge in [-0.2, -0.15) is 0 Å². The molecule has 11 heteroatoms. The highest BCUT2D eigenvalue weighted by Crippen LogP contribution is 2.45. The summed E-state index contributed by atoms with van der Waals surface area (Å²) in [5.74, 6) is -1.17. The molecule has 0 atom stereocenters. The quantitative estimate of drug-likeness (QED) is 0.190. The SMILES string of the molecule is CN1CCC(NC(=O)c2ccc3c(C4CCCC4)c(-c4csc(N)n4)n(C)c3c2)(C(=O)Nc2ccc(/C=C/C(=O)O)cc2)CC1. The molecule has 0 radical (unpaired) electrons. The maximum absolute atomic E-state index is 13.9. The van der Waals surface area contributed by atoms with Crippen LogP contribution < -0.4 is 16.4 Å². The molecule has 5 N–H and O–H groups in total. The predicted octanol–water partition coefficient (Wildman–Crippen LogP) is 5.47. The molecule has 6 rings (SSSR count). The second-order valence-corrected chi connectivity index (χ2v) is 13.1. The molecule has 0 unspecified atom stereocenters. The molecule has 0 spiro atoms. The van der Waals surface area contributed by atoms with E-state index in [0.29, 0.717) is 53.8 Å². The Kier molecular flexibility index (Phi) is 8.48. The molecule has 2 aromatic heterocycles. The Bertz CT molecular complexity index is 1780. The fourth-order valence-electron chi connectivity index (χ4n) is 6.74. The first-order chi connectivity index (χ1) is 21.6. The number of nitrogens with two attached hydrogens (primary N) is 1. The molecule has 4 aromatic rings. The zero-order chi connectivity index (χ0) is 31.7. The number of hydrogen-bond donors (Lipinski definition) is 4. The van der Waals surface area contributed by atoms with Gasteiger partial charge in [-0.05, 0) is 80.1 Å². The van der Waals surface area contributed by atoms with E-state index in [0.717, 1.165) is 41.2 Å². The van der Waals surface area contributed by atoms with Crippen LogP contribution in [0.4, 0.5) is 10.8 Å². The Hall–Kier alpha value is -4.48. The van der Waals surface area contributed by atoms with Gasteiger partial charge >= 0.3 is 5.97 Å². The monoisotopic (exact) mass is 626 g/mol. The van der Waals surface area contributed by atoms with Crippen LogP contribution in [-0.4, -0.2) is 63.0 Å². The van der Waals surface area contributed by atoms with Crippen LogP contribution in [0.15, 0.2) is 53.9 Å². The van der Waals surface area contributed by atoms with Gasteiger partial charge in [-0.3, -0.25) is 9.59 Å². The molecule has 1 saturated heterocycles. The summed E-state index contributed by atoms with van der Waals surface area (Å²) >= 11 is 1.43. The minimum Gasteiger partial charge on any atom is -0.478 e. The molecule has 2 amide bonds. The summed E-state index contributed by atoms with van der Waals surface area (Å²) in [6.07, 6.45) is 8.14. The molecule has 0 bridgehead atoms. The Morgan fingerprint density at radius 1 is 1.07 bits per heavy atom. The van der Waals surface area contributed by atoms with Gasteiger partial charge in [0.2, 0.25) is 5.91 Å². The van der Waals surface area contributed by atoms with Gasteiger partial charge in [0, 0.05) is 53.7 Å². The van der Waals surface area contributed by atoms with Crippen molar-refractivity contribution in [3.63, 3.8) is 0 Å². The number of fused-ring (bicyclic) bond motifs is 1. The summed E-state index contributed by atoms with van der Waals surface area (Å²) in [4.78, 5) is 45.3. The lowest BCUT2D eigenvalue weighted by atomic mass is 9.86. The Labute approximate surface area is 265 Å². The third-order valence-electron chi connectivity index (χ3n) is 9.24. The van der Waals surface area contributed by atoms with Gasteiger partial charge in [-0.1, -0.05) is 31.0 Å². The molecule has 1 saturated carbocycles. The van der Waals surface area contributed by atoms with Crippen molar-refractivity contribution in [2.24, 2.45) is 7.05 Å². The number of carboxylic acids is 1. The number of nitrogen functional groups attached to an aromatic ring is 1. The third-order valence-corrected chi connectivity index (χ3v) is 9.92. The van der Waals surface area contributed by atoms with E-state index in [1.807, 2.05) is 37.7 Å². The van der Waals surface area contributed by atoms with Crippen LogP contribution in [0.25, 0.3) is 28.4 Å². The van der Waals surface area contributed by atoms with E-state index in [-0.39, 0.29) is 11.8 Å². The summed E-state index contributed by atoms with van der Waals surface area (Å²) in [6.45, 7) is 1.32. The van der Waals surface area contributed by atoms with Crippen LogP contribution in [0.1, 0.15) is 65.9 Å². The summed E-state index contributed by atoms with van der Waals surface area (Å²) in [5.41, 5.74) is 10.8. The number of amides is 2. The number of carbonyl (C=O) groups excluding carboxylic acids is 2. The van der Waals surface area contributed by atoms with E-state index in [4.69, 9.17) is 10.8 Å². The van der Waals surface area contributed by atoms with E-state index in [1.54, 1.807) is 24.3 Å². The fraction of sp³-hybridized carbons (Fsp3) is 0.353. The number of aromatic nitrogens is 2. The number of nitrogens with one attached hydrogen (secondary N) is 2. The van der Waals surface area contributed by atoms with E-state index in [2.05, 4.69) is 25.1 Å². The van der Waals surface area contributed by atoms with E-state index >= 15 is 0 Å². The highest BCUT2D eigenvalue weighted by molar-refractivity contribution is 7.13. The summed E-state index contributed by atoms with van der Waals surface area (Å²) in [5, 5.41) is 18.6. The molecule has 2 fully saturated rings. The zero-order valence-corrected chi connectivity index (χ0v) is 26.3. The molecule has 234 valence electrons.